The number of hydrogen-bond donors (Lipinski definition) is 1. The van der Waals surface area contributed by atoms with Gasteiger partial charge in [-0.15, -0.1) is 11.8 Å². The van der Waals surface area contributed by atoms with E-state index in [0.29, 0.717) is 5.76 Å². The molecule has 4 rings (SSSR count). The number of piperidine rings is 1. The van der Waals surface area contributed by atoms with Gasteiger partial charge in [-0.1, -0.05) is 48.5 Å². The summed E-state index contributed by atoms with van der Waals surface area (Å²) in [5.41, 5.74) is 2.28. The third-order valence-electron chi connectivity index (χ3n) is 5.26. The molecule has 1 aromatic heterocycles. The van der Waals surface area contributed by atoms with Crippen LogP contribution >= 0.6 is 11.8 Å². The summed E-state index contributed by atoms with van der Waals surface area (Å²) in [4.78, 5) is 16.4. The van der Waals surface area contributed by atoms with Gasteiger partial charge >= 0.3 is 0 Å². The third-order valence-corrected chi connectivity index (χ3v) is 6.32. The van der Waals surface area contributed by atoms with E-state index in [2.05, 4.69) is 46.6 Å². The first kappa shape index (κ1) is 19.8. The molecular formula is C24H26N2O2S. The number of furan rings is 1. The first-order valence-corrected chi connectivity index (χ1v) is 11.1. The molecular weight excluding hydrogens is 380 g/mol. The molecule has 0 radical (unpaired) electrons. The minimum Gasteiger partial charge on any atom is -0.459 e. The average molecular weight is 407 g/mol. The molecule has 0 bridgehead atoms. The highest BCUT2D eigenvalue weighted by Gasteiger charge is 2.23. The van der Waals surface area contributed by atoms with Crippen LogP contribution in [0.1, 0.15) is 34.5 Å². The van der Waals surface area contributed by atoms with Crippen molar-refractivity contribution in [2.45, 2.75) is 36.1 Å². The molecule has 0 unspecified atom stereocenters. The van der Waals surface area contributed by atoms with Crippen LogP contribution < -0.4 is 5.32 Å². The molecule has 4 nitrogen and oxygen atoms in total. The van der Waals surface area contributed by atoms with E-state index in [1.54, 1.807) is 18.0 Å². The van der Waals surface area contributed by atoms with Gasteiger partial charge in [0.2, 0.25) is 0 Å². The summed E-state index contributed by atoms with van der Waals surface area (Å²) in [7, 11) is 0. The van der Waals surface area contributed by atoms with E-state index in [1.165, 1.54) is 10.5 Å². The summed E-state index contributed by atoms with van der Waals surface area (Å²) in [6, 6.07) is 22.9. The number of thioether (sulfide) groups is 1. The SMILES string of the molecule is O=C(NC1CCN(Cc2ccccc2)CC1)c1occc1CSc1ccccc1. The number of carbonyl (C=O) groups excluding carboxylic acids is 1. The lowest BCUT2D eigenvalue weighted by Crippen LogP contribution is -2.44. The number of amides is 1. The van der Waals surface area contributed by atoms with Gasteiger partial charge in [-0.25, -0.2) is 0 Å². The maximum absolute atomic E-state index is 12.8. The Labute approximate surface area is 176 Å². The summed E-state index contributed by atoms with van der Waals surface area (Å²) in [5.74, 6) is 1.07. The van der Waals surface area contributed by atoms with E-state index < -0.39 is 0 Å². The maximum Gasteiger partial charge on any atom is 0.287 e. The van der Waals surface area contributed by atoms with Crippen molar-refractivity contribution >= 4 is 17.7 Å². The van der Waals surface area contributed by atoms with Gasteiger partial charge in [-0.2, -0.15) is 0 Å². The Morgan fingerprint density at radius 2 is 1.69 bits per heavy atom. The van der Waals surface area contributed by atoms with Crippen molar-refractivity contribution < 1.29 is 9.21 Å². The first-order chi connectivity index (χ1) is 14.3. The number of carbonyl (C=O) groups is 1. The van der Waals surface area contributed by atoms with E-state index in [9.17, 15) is 4.79 Å². The van der Waals surface area contributed by atoms with Crippen LogP contribution in [-0.4, -0.2) is 29.9 Å². The lowest BCUT2D eigenvalue weighted by atomic mass is 10.0. The monoisotopic (exact) mass is 406 g/mol. The third kappa shape index (κ3) is 5.52. The average Bonchev–Trinajstić information content (AvgIpc) is 3.24. The summed E-state index contributed by atoms with van der Waals surface area (Å²) in [6.45, 7) is 2.96. The molecule has 3 aromatic rings. The van der Waals surface area contributed by atoms with Gasteiger partial charge in [0.25, 0.3) is 5.91 Å². The number of benzene rings is 2. The lowest BCUT2D eigenvalue weighted by molar-refractivity contribution is 0.0880. The predicted molar refractivity (Wildman–Crippen MR) is 117 cm³/mol. The van der Waals surface area contributed by atoms with E-state index in [-0.39, 0.29) is 11.9 Å². The smallest absolute Gasteiger partial charge is 0.287 e. The van der Waals surface area contributed by atoms with Gasteiger partial charge in [0.05, 0.1) is 6.26 Å². The molecule has 0 atom stereocenters. The molecule has 1 N–H and O–H groups in total. The van der Waals surface area contributed by atoms with Crippen molar-refractivity contribution in [2.75, 3.05) is 13.1 Å². The zero-order valence-corrected chi connectivity index (χ0v) is 17.2. The van der Waals surface area contributed by atoms with Crippen LogP contribution in [0.4, 0.5) is 0 Å². The second-order valence-corrected chi connectivity index (χ2v) is 8.43. The zero-order valence-electron chi connectivity index (χ0n) is 16.4. The van der Waals surface area contributed by atoms with Crippen LogP contribution in [-0.2, 0) is 12.3 Å². The number of nitrogens with zero attached hydrogens (tertiary/aromatic N) is 1. The van der Waals surface area contributed by atoms with Gasteiger partial charge in [0.1, 0.15) is 0 Å². The summed E-state index contributed by atoms with van der Waals surface area (Å²) in [6.07, 6.45) is 3.54. The fraction of sp³-hybridized carbons (Fsp3) is 0.292. The second kappa shape index (κ2) is 9.81. The summed E-state index contributed by atoms with van der Waals surface area (Å²) in [5, 5.41) is 3.18. The van der Waals surface area contributed by atoms with Crippen molar-refractivity contribution in [3.05, 3.63) is 89.9 Å². The van der Waals surface area contributed by atoms with Crippen LogP contribution in [0.2, 0.25) is 0 Å². The predicted octanol–water partition coefficient (Wildman–Crippen LogP) is 4.97. The molecule has 2 heterocycles. The molecule has 29 heavy (non-hydrogen) atoms. The quantitative estimate of drug-likeness (QED) is 0.563. The Morgan fingerprint density at radius 3 is 2.41 bits per heavy atom. The number of nitrogens with one attached hydrogen (secondary N) is 1. The van der Waals surface area contributed by atoms with Crippen LogP contribution in [0.15, 0.2) is 82.3 Å². The molecule has 0 saturated carbocycles. The molecule has 1 aliphatic heterocycles. The Balaban J connectivity index is 1.26. The maximum atomic E-state index is 12.8. The number of likely N-dealkylation sites (tertiary alicyclic amines) is 1. The van der Waals surface area contributed by atoms with Gasteiger partial charge in [0, 0.05) is 41.9 Å². The van der Waals surface area contributed by atoms with Crippen LogP contribution in [0.25, 0.3) is 0 Å². The van der Waals surface area contributed by atoms with Crippen molar-refractivity contribution in [1.82, 2.24) is 10.2 Å². The van der Waals surface area contributed by atoms with E-state index in [1.807, 2.05) is 30.3 Å². The topological polar surface area (TPSA) is 45.5 Å². The molecule has 1 saturated heterocycles. The largest absolute Gasteiger partial charge is 0.459 e. The van der Waals surface area contributed by atoms with Crippen molar-refractivity contribution in [3.63, 3.8) is 0 Å². The molecule has 1 amide bonds. The highest BCUT2D eigenvalue weighted by atomic mass is 32.2. The Bertz CT molecular complexity index is 903. The number of hydrogen-bond acceptors (Lipinski definition) is 4. The first-order valence-electron chi connectivity index (χ1n) is 10.1. The van der Waals surface area contributed by atoms with Crippen LogP contribution in [0, 0.1) is 0 Å². The standard InChI is InChI=1S/C24H26N2O2S/c27-24(23-20(13-16-28-23)18-29-22-9-5-2-6-10-22)25-21-11-14-26(15-12-21)17-19-7-3-1-4-8-19/h1-10,13,16,21H,11-12,14-15,17-18H2,(H,25,27). The zero-order chi connectivity index (χ0) is 19.9. The van der Waals surface area contributed by atoms with Crippen molar-refractivity contribution in [3.8, 4) is 0 Å². The fourth-order valence-corrected chi connectivity index (χ4v) is 4.55. The van der Waals surface area contributed by atoms with Gasteiger partial charge in [-0.3, -0.25) is 9.69 Å². The molecule has 5 heteroatoms. The molecule has 0 aliphatic carbocycles. The highest BCUT2D eigenvalue weighted by molar-refractivity contribution is 7.98. The van der Waals surface area contributed by atoms with Gasteiger partial charge < -0.3 is 9.73 Å². The Hall–Kier alpha value is -2.50. The highest BCUT2D eigenvalue weighted by Crippen LogP contribution is 2.25. The van der Waals surface area contributed by atoms with Crippen LogP contribution in [0.3, 0.4) is 0 Å². The molecule has 150 valence electrons. The molecule has 2 aromatic carbocycles. The van der Waals surface area contributed by atoms with E-state index in [0.717, 1.165) is 43.8 Å². The Morgan fingerprint density at radius 1 is 1.00 bits per heavy atom. The van der Waals surface area contributed by atoms with Crippen LogP contribution in [0.5, 0.6) is 0 Å². The Kier molecular flexibility index (Phi) is 6.70. The van der Waals surface area contributed by atoms with E-state index >= 15 is 0 Å². The van der Waals surface area contributed by atoms with Gasteiger partial charge in [-0.05, 0) is 36.6 Å². The summed E-state index contributed by atoms with van der Waals surface area (Å²) < 4.78 is 5.52. The minimum absolute atomic E-state index is 0.0971. The second-order valence-electron chi connectivity index (χ2n) is 7.39. The van der Waals surface area contributed by atoms with E-state index in [4.69, 9.17) is 4.42 Å². The normalized spacial score (nSPS) is 15.3. The minimum atomic E-state index is -0.0971. The fourth-order valence-electron chi connectivity index (χ4n) is 3.65. The lowest BCUT2D eigenvalue weighted by Gasteiger charge is -2.32. The molecule has 1 fully saturated rings. The molecule has 1 aliphatic rings. The number of rotatable bonds is 7. The summed E-state index contributed by atoms with van der Waals surface area (Å²) >= 11 is 1.71. The van der Waals surface area contributed by atoms with Gasteiger partial charge in [0.15, 0.2) is 5.76 Å². The van der Waals surface area contributed by atoms with Crippen molar-refractivity contribution in [1.29, 1.82) is 0 Å². The van der Waals surface area contributed by atoms with Crippen molar-refractivity contribution in [2.24, 2.45) is 0 Å². The molecule has 0 spiro atoms.